The topological polar surface area (TPSA) is 119 Å². The van der Waals surface area contributed by atoms with E-state index in [2.05, 4.69) is 4.98 Å². The van der Waals surface area contributed by atoms with Gasteiger partial charge in [-0.3, -0.25) is 9.20 Å². The lowest BCUT2D eigenvalue weighted by Gasteiger charge is -2.12. The first kappa shape index (κ1) is 20.3. The lowest BCUT2D eigenvalue weighted by atomic mass is 10.2. The Bertz CT molecular complexity index is 1460. The van der Waals surface area contributed by atoms with Gasteiger partial charge >= 0.3 is 0 Å². The number of rotatable bonds is 4. The van der Waals surface area contributed by atoms with Crippen molar-refractivity contribution < 1.29 is 18.1 Å². The molecule has 4 rings (SSSR count). The monoisotopic (exact) mass is 445 g/mol. The van der Waals surface area contributed by atoms with Crippen LogP contribution in [0.2, 0.25) is 5.02 Å². The van der Waals surface area contributed by atoms with Gasteiger partial charge < -0.3 is 10.8 Å². The third-order valence-electron chi connectivity index (χ3n) is 4.88. The zero-order valence-corrected chi connectivity index (χ0v) is 17.5. The Balaban J connectivity index is 2.13. The number of nitrogens with zero attached hydrogens (tertiary/aromatic N) is 3. The highest BCUT2D eigenvalue weighted by molar-refractivity contribution is 7.91. The fourth-order valence-corrected chi connectivity index (χ4v) is 4.90. The van der Waals surface area contributed by atoms with Gasteiger partial charge in [0.15, 0.2) is 0 Å². The van der Waals surface area contributed by atoms with Gasteiger partial charge in [0.1, 0.15) is 10.3 Å². The highest BCUT2D eigenvalue weighted by Crippen LogP contribution is 2.27. The Morgan fingerprint density at radius 3 is 2.60 bits per heavy atom. The molecule has 3 N–H and O–H groups in total. The van der Waals surface area contributed by atoms with Crippen molar-refractivity contribution >= 4 is 43.9 Å². The molecule has 0 aliphatic heterocycles. The number of anilines is 1. The second-order valence-electron chi connectivity index (χ2n) is 6.77. The number of aliphatic hydroxyl groups excluding tert-OH is 1. The Morgan fingerprint density at radius 1 is 1.23 bits per heavy atom. The van der Waals surface area contributed by atoms with Crippen LogP contribution in [-0.4, -0.2) is 29.5 Å². The summed E-state index contributed by atoms with van der Waals surface area (Å²) in [5.41, 5.74) is 7.18. The van der Waals surface area contributed by atoms with Crippen molar-refractivity contribution in [3.63, 3.8) is 0 Å². The standard InChI is InChI=1S/C20H17ClN4O4S/c1-12-3-2-8-25-18(12)23-19-15(20(25)27)11-16(17(22)24(19)9-10-26)30(28,29)14-6-4-13(21)5-7-14/h2-8,11,22,26H,9-10H2,1H3/p+1. The number of nitrogen functional groups attached to an aromatic ring is 1. The molecule has 1 aromatic carbocycles. The SMILES string of the molecule is Cc1cccn2c(=O)c3cc(S(=O)(=O)c4ccc(Cl)cc4)c(N)[n+](CCO)c3nc12. The normalized spacial score (nSPS) is 12.0. The number of sulfone groups is 1. The zero-order chi connectivity index (χ0) is 21.6. The molecule has 0 atom stereocenters. The van der Waals surface area contributed by atoms with Gasteiger partial charge in [-0.25, -0.2) is 13.0 Å². The predicted octanol–water partition coefficient (Wildman–Crippen LogP) is 1.50. The van der Waals surface area contributed by atoms with E-state index in [0.717, 1.165) is 5.56 Å². The molecule has 0 unspecified atom stereocenters. The molecule has 0 saturated carbocycles. The number of pyridine rings is 2. The summed E-state index contributed by atoms with van der Waals surface area (Å²) in [5, 5.41) is 10.00. The van der Waals surface area contributed by atoms with Crippen LogP contribution in [0.4, 0.5) is 5.82 Å². The summed E-state index contributed by atoms with van der Waals surface area (Å²) in [4.78, 5) is 17.5. The van der Waals surface area contributed by atoms with Crippen molar-refractivity contribution in [2.24, 2.45) is 0 Å². The van der Waals surface area contributed by atoms with Gasteiger partial charge in [0.05, 0.1) is 18.0 Å². The summed E-state index contributed by atoms with van der Waals surface area (Å²) in [5.74, 6) is -0.115. The third kappa shape index (κ3) is 3.11. The number of hydrogen-bond acceptors (Lipinski definition) is 6. The molecule has 0 spiro atoms. The third-order valence-corrected chi connectivity index (χ3v) is 6.93. The molecular weight excluding hydrogens is 428 g/mol. The summed E-state index contributed by atoms with van der Waals surface area (Å²) in [7, 11) is -4.06. The van der Waals surface area contributed by atoms with E-state index < -0.39 is 15.4 Å². The maximum atomic E-state index is 13.3. The molecule has 154 valence electrons. The van der Waals surface area contributed by atoms with Crippen molar-refractivity contribution in [3.8, 4) is 0 Å². The number of nitrogens with two attached hydrogens (primary N) is 1. The van der Waals surface area contributed by atoms with E-state index >= 15 is 0 Å². The summed E-state index contributed by atoms with van der Waals surface area (Å²) >= 11 is 5.87. The van der Waals surface area contributed by atoms with Gasteiger partial charge in [0.25, 0.3) is 11.2 Å². The summed E-state index contributed by atoms with van der Waals surface area (Å²) in [6, 6.07) is 10.4. The molecule has 0 fully saturated rings. The first-order valence-corrected chi connectivity index (χ1v) is 10.9. The lowest BCUT2D eigenvalue weighted by molar-refractivity contribution is -0.661. The number of aryl methyl sites for hydroxylation is 1. The van der Waals surface area contributed by atoms with Crippen molar-refractivity contribution in [2.75, 3.05) is 12.3 Å². The van der Waals surface area contributed by atoms with Crippen LogP contribution >= 0.6 is 11.6 Å². The van der Waals surface area contributed by atoms with Crippen LogP contribution in [0, 0.1) is 6.92 Å². The quantitative estimate of drug-likeness (QED) is 0.363. The van der Waals surface area contributed by atoms with E-state index in [9.17, 15) is 18.3 Å². The second kappa shape index (κ2) is 7.35. The molecule has 0 saturated heterocycles. The molecule has 0 aliphatic rings. The Morgan fingerprint density at radius 2 is 1.93 bits per heavy atom. The van der Waals surface area contributed by atoms with Crippen LogP contribution in [0.3, 0.4) is 0 Å². The van der Waals surface area contributed by atoms with Gasteiger partial charge in [0.2, 0.25) is 21.3 Å². The van der Waals surface area contributed by atoms with Gasteiger partial charge in [-0.1, -0.05) is 22.7 Å². The summed E-state index contributed by atoms with van der Waals surface area (Å²) in [6.07, 6.45) is 1.57. The molecule has 4 aromatic rings. The molecule has 30 heavy (non-hydrogen) atoms. The van der Waals surface area contributed by atoms with Crippen molar-refractivity contribution in [3.05, 3.63) is 69.6 Å². The van der Waals surface area contributed by atoms with Crippen molar-refractivity contribution in [1.82, 2.24) is 9.38 Å². The van der Waals surface area contributed by atoms with Gasteiger partial charge in [-0.15, -0.1) is 0 Å². The number of hydrogen-bond donors (Lipinski definition) is 2. The van der Waals surface area contributed by atoms with Gasteiger partial charge in [-0.05, 0) is 43.3 Å². The Hall–Kier alpha value is -3.01. The molecule has 0 aliphatic carbocycles. The first-order valence-electron chi connectivity index (χ1n) is 9.01. The highest BCUT2D eigenvalue weighted by Gasteiger charge is 2.29. The van der Waals surface area contributed by atoms with Crippen molar-refractivity contribution in [2.45, 2.75) is 23.3 Å². The minimum Gasteiger partial charge on any atom is -0.393 e. The fourth-order valence-electron chi connectivity index (χ4n) is 3.37. The average molecular weight is 446 g/mol. The Labute approximate surface area is 176 Å². The van der Waals surface area contributed by atoms with E-state index in [-0.39, 0.29) is 39.8 Å². The van der Waals surface area contributed by atoms with E-state index in [1.165, 1.54) is 39.3 Å². The molecule has 3 aromatic heterocycles. The van der Waals surface area contributed by atoms with E-state index in [1.54, 1.807) is 12.3 Å². The largest absolute Gasteiger partial charge is 0.393 e. The van der Waals surface area contributed by atoms with E-state index in [1.807, 2.05) is 13.0 Å². The average Bonchev–Trinajstić information content (AvgIpc) is 2.71. The summed E-state index contributed by atoms with van der Waals surface area (Å²) < 4.78 is 29.2. The molecule has 0 bridgehead atoms. The molecule has 10 heteroatoms. The number of halogens is 1. The molecule has 8 nitrogen and oxygen atoms in total. The molecule has 3 heterocycles. The first-order chi connectivity index (χ1) is 14.3. The lowest BCUT2D eigenvalue weighted by Crippen LogP contribution is -2.43. The van der Waals surface area contributed by atoms with Gasteiger partial charge in [0, 0.05) is 16.8 Å². The van der Waals surface area contributed by atoms with Crippen LogP contribution in [-0.2, 0) is 16.4 Å². The highest BCUT2D eigenvalue weighted by atomic mass is 35.5. The zero-order valence-electron chi connectivity index (χ0n) is 15.9. The molecule has 0 radical (unpaired) electrons. The minimum absolute atomic E-state index is 0.0156. The molecular formula is C20H18ClN4O4S+. The Kier molecular flexibility index (Phi) is 4.97. The summed E-state index contributed by atoms with van der Waals surface area (Å²) in [6.45, 7) is 1.47. The second-order valence-corrected chi connectivity index (χ2v) is 9.12. The number of aliphatic hydroxyl groups is 1. The van der Waals surface area contributed by atoms with E-state index in [4.69, 9.17) is 17.3 Å². The van der Waals surface area contributed by atoms with Crippen LogP contribution in [0.25, 0.3) is 16.7 Å². The fraction of sp³-hybridized carbons (Fsp3) is 0.150. The van der Waals surface area contributed by atoms with Crippen LogP contribution in [0.1, 0.15) is 5.56 Å². The maximum Gasteiger partial charge on any atom is 0.278 e. The van der Waals surface area contributed by atoms with Gasteiger partial charge in [-0.2, -0.15) is 0 Å². The number of benzene rings is 1. The number of aromatic nitrogens is 3. The van der Waals surface area contributed by atoms with Crippen molar-refractivity contribution in [1.29, 1.82) is 0 Å². The predicted molar refractivity (Wildman–Crippen MR) is 112 cm³/mol. The molecule has 0 amide bonds. The number of fused-ring (bicyclic) bond motifs is 2. The van der Waals surface area contributed by atoms with E-state index in [0.29, 0.717) is 10.7 Å². The maximum absolute atomic E-state index is 13.3. The smallest absolute Gasteiger partial charge is 0.278 e. The van der Waals surface area contributed by atoms with Crippen LogP contribution in [0.5, 0.6) is 0 Å². The van der Waals surface area contributed by atoms with Crippen LogP contribution in [0.15, 0.2) is 63.2 Å². The minimum atomic E-state index is -4.06. The van der Waals surface area contributed by atoms with Crippen LogP contribution < -0.4 is 15.9 Å².